The highest BCUT2D eigenvalue weighted by Gasteiger charge is 2.53. The van der Waals surface area contributed by atoms with Gasteiger partial charge >= 0.3 is 21.7 Å². The van der Waals surface area contributed by atoms with Crippen LogP contribution in [0.3, 0.4) is 0 Å². The van der Waals surface area contributed by atoms with Crippen LogP contribution in [0.4, 0.5) is 36.4 Å². The van der Waals surface area contributed by atoms with Crippen molar-refractivity contribution in [1.29, 1.82) is 0 Å². The van der Waals surface area contributed by atoms with Crippen LogP contribution in [0.25, 0.3) is 0 Å². The second-order valence-corrected chi connectivity index (χ2v) is 10.7. The molecule has 184 valence electrons. The van der Waals surface area contributed by atoms with Gasteiger partial charge in [-0.3, -0.25) is 0 Å². The summed E-state index contributed by atoms with van der Waals surface area (Å²) in [5, 5.41) is 0. The zero-order valence-corrected chi connectivity index (χ0v) is 18.5. The minimum Gasteiger partial charge on any atom is -0.360 e. The Labute approximate surface area is 185 Å². The largest absolute Gasteiger partial charge is 0.511 e. The third-order valence-electron chi connectivity index (χ3n) is 5.45. The van der Waals surface area contributed by atoms with Crippen molar-refractivity contribution in [3.05, 3.63) is 47.3 Å². The SMILES string of the molecule is CC(C)(C)[C@@H]1CN(S(=O)(=O)C(F)(F)F)Cc2c(ccc(C(F)(F)F)c2F)N1Cc1cnc[nH]1. The van der Waals surface area contributed by atoms with E-state index in [9.17, 15) is 34.8 Å². The summed E-state index contributed by atoms with van der Waals surface area (Å²) >= 11 is 0. The van der Waals surface area contributed by atoms with Gasteiger partial charge in [-0.15, -0.1) is 0 Å². The summed E-state index contributed by atoms with van der Waals surface area (Å²) in [6.45, 7) is 2.90. The summed E-state index contributed by atoms with van der Waals surface area (Å²) in [5.41, 5.74) is -8.74. The Morgan fingerprint density at radius 3 is 2.24 bits per heavy atom. The number of aromatic amines is 1. The Kier molecular flexibility index (Phi) is 6.24. The lowest BCUT2D eigenvalue weighted by atomic mass is 9.85. The van der Waals surface area contributed by atoms with Gasteiger partial charge in [0.15, 0.2) is 0 Å². The first-order valence-corrected chi connectivity index (χ1v) is 11.1. The smallest absolute Gasteiger partial charge is 0.360 e. The minimum atomic E-state index is -5.97. The molecule has 1 aliphatic rings. The lowest BCUT2D eigenvalue weighted by molar-refractivity contribution is -0.140. The zero-order chi connectivity index (χ0) is 25.0. The van der Waals surface area contributed by atoms with E-state index in [4.69, 9.17) is 0 Å². The van der Waals surface area contributed by atoms with E-state index < -0.39 is 63.2 Å². The van der Waals surface area contributed by atoms with E-state index in [0.717, 1.165) is 6.07 Å². The summed E-state index contributed by atoms with van der Waals surface area (Å²) < 4.78 is 120. The van der Waals surface area contributed by atoms with Crippen molar-refractivity contribution in [1.82, 2.24) is 14.3 Å². The maximum Gasteiger partial charge on any atom is 0.511 e. The Morgan fingerprint density at radius 2 is 1.76 bits per heavy atom. The van der Waals surface area contributed by atoms with Crippen LogP contribution in [0.15, 0.2) is 24.7 Å². The molecule has 0 saturated heterocycles. The number of hydrogen-bond donors (Lipinski definition) is 1. The molecule has 0 amide bonds. The Bertz CT molecular complexity index is 1110. The third kappa shape index (κ3) is 4.81. The van der Waals surface area contributed by atoms with Crippen LogP contribution < -0.4 is 4.90 Å². The van der Waals surface area contributed by atoms with Crippen LogP contribution in [-0.4, -0.2) is 40.8 Å². The van der Waals surface area contributed by atoms with E-state index >= 15 is 4.39 Å². The predicted molar refractivity (Wildman–Crippen MR) is 105 cm³/mol. The topological polar surface area (TPSA) is 69.3 Å². The number of hydrogen-bond acceptors (Lipinski definition) is 4. The maximum absolute atomic E-state index is 15.1. The van der Waals surface area contributed by atoms with Crippen molar-refractivity contribution in [2.75, 3.05) is 11.4 Å². The van der Waals surface area contributed by atoms with Gasteiger partial charge in [-0.1, -0.05) is 20.8 Å². The number of sulfonamides is 1. The number of halogens is 7. The zero-order valence-electron chi connectivity index (χ0n) is 17.7. The summed E-state index contributed by atoms with van der Waals surface area (Å²) in [5.74, 6) is -1.81. The van der Waals surface area contributed by atoms with Gasteiger partial charge in [0.25, 0.3) is 0 Å². The first-order valence-electron chi connectivity index (χ1n) is 9.63. The van der Waals surface area contributed by atoms with E-state index in [2.05, 4.69) is 9.97 Å². The summed E-state index contributed by atoms with van der Waals surface area (Å²) in [6.07, 6.45) is -2.40. The average molecular weight is 502 g/mol. The molecule has 0 aliphatic carbocycles. The molecule has 1 aliphatic heterocycles. The van der Waals surface area contributed by atoms with E-state index in [1.54, 1.807) is 20.8 Å². The molecule has 0 fully saturated rings. The molecule has 1 aromatic heterocycles. The summed E-state index contributed by atoms with van der Waals surface area (Å²) in [7, 11) is -5.97. The molecule has 3 rings (SSSR count). The van der Waals surface area contributed by atoms with Gasteiger partial charge in [0.05, 0.1) is 24.1 Å². The second kappa shape index (κ2) is 8.15. The minimum absolute atomic E-state index is 0.00204. The quantitative estimate of drug-likeness (QED) is 0.621. The Balaban J connectivity index is 2.29. The number of rotatable bonds is 3. The van der Waals surface area contributed by atoms with E-state index in [1.807, 2.05) is 0 Å². The average Bonchev–Trinajstić information content (AvgIpc) is 3.08. The highest BCUT2D eigenvalue weighted by Crippen LogP contribution is 2.43. The molecule has 0 radical (unpaired) electrons. The summed E-state index contributed by atoms with van der Waals surface area (Å²) in [6, 6.07) is 0.497. The molecule has 33 heavy (non-hydrogen) atoms. The van der Waals surface area contributed by atoms with Crippen molar-refractivity contribution in [3.63, 3.8) is 0 Å². The van der Waals surface area contributed by atoms with Gasteiger partial charge in [0, 0.05) is 36.6 Å². The van der Waals surface area contributed by atoms with Crippen LogP contribution in [0.2, 0.25) is 0 Å². The highest BCUT2D eigenvalue weighted by molar-refractivity contribution is 7.89. The molecule has 6 nitrogen and oxygen atoms in total. The first-order chi connectivity index (χ1) is 14.9. The number of nitrogens with zero attached hydrogens (tertiary/aromatic N) is 3. The van der Waals surface area contributed by atoms with Crippen molar-refractivity contribution in [3.8, 4) is 0 Å². The fourth-order valence-corrected chi connectivity index (χ4v) is 4.70. The maximum atomic E-state index is 15.1. The monoisotopic (exact) mass is 502 g/mol. The van der Waals surface area contributed by atoms with Crippen molar-refractivity contribution < 1.29 is 39.2 Å². The first kappa shape index (κ1) is 25.3. The van der Waals surface area contributed by atoms with E-state index in [1.165, 1.54) is 17.4 Å². The fourth-order valence-electron chi connectivity index (χ4n) is 3.77. The van der Waals surface area contributed by atoms with E-state index in [0.29, 0.717) is 11.8 Å². The molecule has 1 N–H and O–H groups in total. The normalized spacial score (nSPS) is 18.8. The third-order valence-corrected chi connectivity index (χ3v) is 6.99. The molecule has 0 unspecified atom stereocenters. The second-order valence-electron chi connectivity index (χ2n) is 8.75. The van der Waals surface area contributed by atoms with Crippen molar-refractivity contribution in [2.24, 2.45) is 5.41 Å². The molecule has 0 saturated carbocycles. The standard InChI is InChI=1S/C19H21F7N4O2S/c1-17(2,3)15-9-29(33(31,32)19(24,25)26)8-12-14(30(15)7-11-6-27-10-28-11)5-4-13(16(12)20)18(21,22)23/h4-6,10,15H,7-9H2,1-3H3,(H,27,28)/t15-/m0/s1. The molecule has 0 spiro atoms. The van der Waals surface area contributed by atoms with Crippen LogP contribution in [-0.2, 0) is 29.3 Å². The van der Waals surface area contributed by atoms with Crippen molar-refractivity contribution in [2.45, 2.75) is 51.6 Å². The Morgan fingerprint density at radius 1 is 1.12 bits per heavy atom. The molecule has 14 heteroatoms. The number of fused-ring (bicyclic) bond motifs is 1. The molecule has 0 bridgehead atoms. The number of alkyl halides is 6. The van der Waals surface area contributed by atoms with Crippen LogP contribution in [0, 0.1) is 11.2 Å². The van der Waals surface area contributed by atoms with Crippen LogP contribution >= 0.6 is 0 Å². The molecule has 1 atom stereocenters. The van der Waals surface area contributed by atoms with Gasteiger partial charge < -0.3 is 9.88 Å². The molecule has 2 aromatic rings. The lowest BCUT2D eigenvalue weighted by Crippen LogP contribution is -2.52. The number of imidazole rings is 1. The fraction of sp³-hybridized carbons (Fsp3) is 0.526. The van der Waals surface area contributed by atoms with Crippen LogP contribution in [0.5, 0.6) is 0 Å². The highest BCUT2D eigenvalue weighted by atomic mass is 32.2. The number of benzene rings is 1. The van der Waals surface area contributed by atoms with Crippen LogP contribution in [0.1, 0.15) is 37.6 Å². The number of H-pyrrole nitrogens is 1. The Hall–Kier alpha value is -2.35. The number of anilines is 1. The predicted octanol–water partition coefficient (Wildman–Crippen LogP) is 4.65. The summed E-state index contributed by atoms with van der Waals surface area (Å²) in [4.78, 5) is 8.04. The van der Waals surface area contributed by atoms with Gasteiger partial charge in [-0.25, -0.2) is 17.8 Å². The number of aromatic nitrogens is 2. The van der Waals surface area contributed by atoms with Gasteiger partial charge in [0.2, 0.25) is 0 Å². The molecular formula is C19H21F7N4O2S. The van der Waals surface area contributed by atoms with Gasteiger partial charge in [-0.2, -0.15) is 30.6 Å². The van der Waals surface area contributed by atoms with Crippen molar-refractivity contribution >= 4 is 15.7 Å². The molecule has 1 aromatic carbocycles. The molecular weight excluding hydrogens is 481 g/mol. The lowest BCUT2D eigenvalue weighted by Gasteiger charge is -2.42. The van der Waals surface area contributed by atoms with Gasteiger partial charge in [0.1, 0.15) is 5.82 Å². The molecule has 2 heterocycles. The van der Waals surface area contributed by atoms with E-state index in [-0.39, 0.29) is 16.5 Å². The number of nitrogens with one attached hydrogen (secondary N) is 1. The van der Waals surface area contributed by atoms with Gasteiger partial charge in [-0.05, 0) is 17.5 Å².